The average Bonchev–Trinajstić information content (AvgIpc) is 3.61. The monoisotopic (exact) mass is 419 g/mol. The Hall–Kier alpha value is -4.08. The van der Waals surface area contributed by atoms with Crippen LogP contribution in [0.2, 0.25) is 0 Å². The van der Waals surface area contributed by atoms with Gasteiger partial charge >= 0.3 is 6.09 Å². The van der Waals surface area contributed by atoms with Gasteiger partial charge in [-0.15, -0.1) is 0 Å². The number of hydrogen-bond donors (Lipinski definition) is 2. The van der Waals surface area contributed by atoms with Gasteiger partial charge in [-0.2, -0.15) is 0 Å². The van der Waals surface area contributed by atoms with E-state index in [1.807, 2.05) is 6.07 Å². The first-order valence-corrected chi connectivity index (χ1v) is 9.68. The maximum atomic E-state index is 12.6. The Morgan fingerprint density at radius 2 is 1.81 bits per heavy atom. The molecule has 2 N–H and O–H groups in total. The highest BCUT2D eigenvalue weighted by Crippen LogP contribution is 2.41. The Bertz CT molecular complexity index is 1100. The van der Waals surface area contributed by atoms with Gasteiger partial charge in [0, 0.05) is 31.9 Å². The Balaban J connectivity index is 1.56. The Labute approximate surface area is 178 Å². The van der Waals surface area contributed by atoms with Crippen LogP contribution in [0.5, 0.6) is 5.88 Å². The molecule has 1 aliphatic rings. The predicted molar refractivity (Wildman–Crippen MR) is 113 cm³/mol. The van der Waals surface area contributed by atoms with E-state index in [-0.39, 0.29) is 17.5 Å². The molecule has 0 unspecified atom stereocenters. The standard InChI is InChI=1S/C21H21N7O3/c1-28(2)20(29)15-7-8-22-11-18(15)27-21(30)31-19-17(25-14-9-23-12-24-10-14)6-5-16(26-19)13-3-4-13/h5-13,25H,3-4H2,1-2H3,(H,27,30). The van der Waals surface area contributed by atoms with Crippen LogP contribution in [0.15, 0.2) is 49.3 Å². The first kappa shape index (κ1) is 20.2. The number of ether oxygens (including phenoxy) is 1. The van der Waals surface area contributed by atoms with Gasteiger partial charge in [-0.3, -0.25) is 15.1 Å². The number of anilines is 3. The van der Waals surface area contributed by atoms with Crippen LogP contribution in [0.1, 0.15) is 34.8 Å². The van der Waals surface area contributed by atoms with E-state index in [0.717, 1.165) is 18.5 Å². The van der Waals surface area contributed by atoms with E-state index in [1.54, 1.807) is 32.6 Å². The lowest BCUT2D eigenvalue weighted by molar-refractivity contribution is 0.0828. The normalized spacial score (nSPS) is 12.7. The molecular formula is C21H21N7O3. The molecule has 158 valence electrons. The van der Waals surface area contributed by atoms with Gasteiger partial charge in [-0.1, -0.05) is 0 Å². The third-order valence-corrected chi connectivity index (χ3v) is 4.60. The lowest BCUT2D eigenvalue weighted by Gasteiger charge is -2.15. The van der Waals surface area contributed by atoms with E-state index in [1.165, 1.54) is 29.7 Å². The van der Waals surface area contributed by atoms with Crippen molar-refractivity contribution in [1.82, 2.24) is 24.8 Å². The molecule has 0 radical (unpaired) electrons. The van der Waals surface area contributed by atoms with Crippen molar-refractivity contribution in [2.75, 3.05) is 24.7 Å². The molecule has 3 aromatic heterocycles. The molecule has 2 amide bonds. The topological polar surface area (TPSA) is 122 Å². The fraction of sp³-hybridized carbons (Fsp3) is 0.238. The van der Waals surface area contributed by atoms with E-state index in [2.05, 4.69) is 30.6 Å². The summed E-state index contributed by atoms with van der Waals surface area (Å²) < 4.78 is 5.52. The highest BCUT2D eigenvalue weighted by Gasteiger charge is 2.26. The quantitative estimate of drug-likeness (QED) is 0.625. The van der Waals surface area contributed by atoms with Crippen LogP contribution in [-0.2, 0) is 0 Å². The molecule has 0 saturated heterocycles. The van der Waals surface area contributed by atoms with Crippen molar-refractivity contribution >= 4 is 29.1 Å². The van der Waals surface area contributed by atoms with Gasteiger partial charge in [-0.05, 0) is 31.0 Å². The van der Waals surface area contributed by atoms with Crippen LogP contribution in [0, 0.1) is 0 Å². The number of pyridine rings is 2. The van der Waals surface area contributed by atoms with Crippen molar-refractivity contribution in [3.63, 3.8) is 0 Å². The lowest BCUT2D eigenvalue weighted by Crippen LogP contribution is -2.25. The zero-order valence-corrected chi connectivity index (χ0v) is 17.1. The van der Waals surface area contributed by atoms with Gasteiger partial charge in [0.15, 0.2) is 0 Å². The van der Waals surface area contributed by atoms with Crippen LogP contribution >= 0.6 is 0 Å². The molecule has 0 bridgehead atoms. The highest BCUT2D eigenvalue weighted by molar-refractivity contribution is 6.02. The van der Waals surface area contributed by atoms with Crippen molar-refractivity contribution in [3.05, 3.63) is 60.6 Å². The number of hydrogen-bond acceptors (Lipinski definition) is 8. The van der Waals surface area contributed by atoms with E-state index in [9.17, 15) is 9.59 Å². The largest absolute Gasteiger partial charge is 0.418 e. The SMILES string of the molecule is CN(C)C(=O)c1ccncc1NC(=O)Oc1nc(C2CC2)ccc1Nc1cncnc1. The van der Waals surface area contributed by atoms with Crippen LogP contribution in [0.25, 0.3) is 0 Å². The summed E-state index contributed by atoms with van der Waals surface area (Å²) in [6.45, 7) is 0. The number of aromatic nitrogens is 4. The minimum Gasteiger partial charge on any atom is -0.389 e. The molecule has 4 rings (SSSR count). The third kappa shape index (κ3) is 4.92. The van der Waals surface area contributed by atoms with E-state index >= 15 is 0 Å². The van der Waals surface area contributed by atoms with Crippen molar-refractivity contribution in [2.45, 2.75) is 18.8 Å². The van der Waals surface area contributed by atoms with E-state index in [0.29, 0.717) is 22.9 Å². The molecular weight excluding hydrogens is 398 g/mol. The van der Waals surface area contributed by atoms with Gasteiger partial charge in [0.1, 0.15) is 12.0 Å². The number of nitrogens with zero attached hydrogens (tertiary/aromatic N) is 5. The number of rotatable bonds is 6. The number of carbonyl (C=O) groups is 2. The minimum atomic E-state index is -0.784. The van der Waals surface area contributed by atoms with Crippen LogP contribution in [0.3, 0.4) is 0 Å². The maximum Gasteiger partial charge on any atom is 0.418 e. The molecule has 1 fully saturated rings. The first-order chi connectivity index (χ1) is 15.0. The van der Waals surface area contributed by atoms with Gasteiger partial charge in [0.25, 0.3) is 5.91 Å². The average molecular weight is 419 g/mol. The van der Waals surface area contributed by atoms with Gasteiger partial charge in [-0.25, -0.2) is 19.7 Å². The number of carbonyl (C=O) groups excluding carboxylic acids is 2. The molecule has 1 saturated carbocycles. The Morgan fingerprint density at radius 1 is 1.03 bits per heavy atom. The van der Waals surface area contributed by atoms with Crippen molar-refractivity contribution in [3.8, 4) is 5.88 Å². The molecule has 0 aliphatic heterocycles. The second kappa shape index (κ2) is 8.74. The highest BCUT2D eigenvalue weighted by atomic mass is 16.6. The molecule has 0 spiro atoms. The molecule has 31 heavy (non-hydrogen) atoms. The fourth-order valence-corrected chi connectivity index (χ4v) is 2.90. The second-order valence-electron chi connectivity index (χ2n) is 7.25. The van der Waals surface area contributed by atoms with Crippen molar-refractivity contribution in [2.24, 2.45) is 0 Å². The summed E-state index contributed by atoms with van der Waals surface area (Å²) in [6, 6.07) is 5.25. The van der Waals surface area contributed by atoms with Crippen molar-refractivity contribution in [1.29, 1.82) is 0 Å². The van der Waals surface area contributed by atoms with Crippen LogP contribution in [0.4, 0.5) is 21.9 Å². The molecule has 10 heteroatoms. The van der Waals surface area contributed by atoms with Gasteiger partial charge in [0.05, 0.1) is 35.5 Å². The summed E-state index contributed by atoms with van der Waals surface area (Å²) in [4.78, 5) is 42.9. The van der Waals surface area contributed by atoms with Gasteiger partial charge < -0.3 is 15.0 Å². The second-order valence-corrected chi connectivity index (χ2v) is 7.25. The summed E-state index contributed by atoms with van der Waals surface area (Å²) in [5, 5.41) is 5.69. The molecule has 3 heterocycles. The van der Waals surface area contributed by atoms with Crippen LogP contribution in [-0.4, -0.2) is 50.9 Å². The summed E-state index contributed by atoms with van der Waals surface area (Å²) in [5.41, 5.74) is 2.53. The molecule has 3 aromatic rings. The fourth-order valence-electron chi connectivity index (χ4n) is 2.90. The minimum absolute atomic E-state index is 0.120. The first-order valence-electron chi connectivity index (χ1n) is 9.68. The number of nitrogens with one attached hydrogen (secondary N) is 2. The number of amides is 2. The zero-order valence-electron chi connectivity index (χ0n) is 17.1. The third-order valence-electron chi connectivity index (χ3n) is 4.60. The smallest absolute Gasteiger partial charge is 0.389 e. The van der Waals surface area contributed by atoms with E-state index in [4.69, 9.17) is 4.74 Å². The summed E-state index contributed by atoms with van der Waals surface area (Å²) >= 11 is 0. The molecule has 1 aliphatic carbocycles. The van der Waals surface area contributed by atoms with Crippen LogP contribution < -0.4 is 15.4 Å². The molecule has 0 atom stereocenters. The summed E-state index contributed by atoms with van der Waals surface area (Å²) in [7, 11) is 3.26. The Morgan fingerprint density at radius 3 is 2.52 bits per heavy atom. The van der Waals surface area contributed by atoms with E-state index < -0.39 is 6.09 Å². The molecule has 0 aromatic carbocycles. The zero-order chi connectivity index (χ0) is 21.8. The predicted octanol–water partition coefficient (Wildman–Crippen LogP) is 3.20. The lowest BCUT2D eigenvalue weighted by atomic mass is 10.2. The summed E-state index contributed by atoms with van der Waals surface area (Å²) in [5.74, 6) is 0.232. The van der Waals surface area contributed by atoms with Crippen molar-refractivity contribution < 1.29 is 14.3 Å². The molecule has 10 nitrogen and oxygen atoms in total. The maximum absolute atomic E-state index is 12.6. The summed E-state index contributed by atoms with van der Waals surface area (Å²) in [6.07, 6.45) is 8.83. The van der Waals surface area contributed by atoms with Gasteiger partial charge in [0.2, 0.25) is 5.88 Å². The Kier molecular flexibility index (Phi) is 5.69.